The minimum atomic E-state index is -2.73. The van der Waals surface area contributed by atoms with Crippen molar-refractivity contribution in [3.8, 4) is 0 Å². The number of rotatable bonds is 6. The first-order valence-electron chi connectivity index (χ1n) is 14.4. The van der Waals surface area contributed by atoms with Gasteiger partial charge in [0.1, 0.15) is 0 Å². The first-order chi connectivity index (χ1) is 19.8. The van der Waals surface area contributed by atoms with Gasteiger partial charge in [-0.15, -0.1) is 0 Å². The molecular formula is C32H38ClN5O2Si. The van der Waals surface area contributed by atoms with Crippen LogP contribution in [0.15, 0.2) is 79.0 Å². The van der Waals surface area contributed by atoms with Crippen molar-refractivity contribution in [2.75, 3.05) is 43.4 Å². The van der Waals surface area contributed by atoms with E-state index in [1.54, 1.807) is 6.20 Å². The van der Waals surface area contributed by atoms with Gasteiger partial charge in [0, 0.05) is 37.8 Å². The third-order valence-electron chi connectivity index (χ3n) is 8.51. The minimum Gasteiger partial charge on any atom is -0.381 e. The minimum absolute atomic E-state index is 0.106. The Morgan fingerprint density at radius 3 is 2.20 bits per heavy atom. The molecule has 2 fully saturated rings. The van der Waals surface area contributed by atoms with Crippen LogP contribution in [0.25, 0.3) is 10.9 Å². The topological polar surface area (TPSA) is 76.7 Å². The zero-order valence-electron chi connectivity index (χ0n) is 24.0. The molecule has 6 rings (SSSR count). The zero-order valence-corrected chi connectivity index (χ0v) is 25.7. The van der Waals surface area contributed by atoms with E-state index in [9.17, 15) is 0 Å². The summed E-state index contributed by atoms with van der Waals surface area (Å²) >= 11 is 6.72. The summed E-state index contributed by atoms with van der Waals surface area (Å²) in [5.74, 6) is 0.267. The van der Waals surface area contributed by atoms with Gasteiger partial charge in [-0.2, -0.15) is 0 Å². The lowest BCUT2D eigenvalue weighted by Crippen LogP contribution is -2.69. The molecule has 2 N–H and O–H groups in total. The maximum Gasteiger partial charge on any atom is 0.264 e. The molecule has 0 amide bonds. The summed E-state index contributed by atoms with van der Waals surface area (Å²) in [4.78, 5) is 13.4. The van der Waals surface area contributed by atoms with Gasteiger partial charge in [0.25, 0.3) is 8.32 Å². The van der Waals surface area contributed by atoms with Gasteiger partial charge in [-0.3, -0.25) is 4.90 Å². The fourth-order valence-electron chi connectivity index (χ4n) is 6.48. The van der Waals surface area contributed by atoms with E-state index in [1.165, 1.54) is 10.4 Å². The summed E-state index contributed by atoms with van der Waals surface area (Å²) in [6, 6.07) is 25.7. The lowest BCUT2D eigenvalue weighted by Gasteiger charge is -2.47. The Hall–Kier alpha value is -3.01. The second-order valence-electron chi connectivity index (χ2n) is 12.0. The number of nitrogens with zero attached hydrogens (tertiary/aromatic N) is 4. The summed E-state index contributed by atoms with van der Waals surface area (Å²) in [6.45, 7) is 11.1. The van der Waals surface area contributed by atoms with E-state index in [4.69, 9.17) is 26.5 Å². The molecule has 7 nitrogen and oxygen atoms in total. The molecule has 9 heteroatoms. The van der Waals surface area contributed by atoms with Crippen molar-refractivity contribution in [1.82, 2.24) is 14.9 Å². The van der Waals surface area contributed by atoms with Crippen LogP contribution in [0, 0.1) is 0 Å². The molecule has 3 heterocycles. The van der Waals surface area contributed by atoms with E-state index in [0.717, 1.165) is 49.2 Å². The van der Waals surface area contributed by atoms with Gasteiger partial charge in [0.05, 0.1) is 28.9 Å². The molecule has 0 aliphatic carbocycles. The lowest BCUT2D eigenvalue weighted by molar-refractivity contribution is -0.0815. The van der Waals surface area contributed by atoms with Gasteiger partial charge >= 0.3 is 0 Å². The Morgan fingerprint density at radius 1 is 0.951 bits per heavy atom. The van der Waals surface area contributed by atoms with Gasteiger partial charge in [-0.05, 0) is 34.0 Å². The number of halogens is 1. The number of benzene rings is 3. The van der Waals surface area contributed by atoms with Crippen LogP contribution >= 0.6 is 11.6 Å². The third kappa shape index (κ3) is 5.35. The number of ether oxygens (including phenoxy) is 1. The Morgan fingerprint density at radius 2 is 1.59 bits per heavy atom. The van der Waals surface area contributed by atoms with E-state index in [2.05, 4.69) is 101 Å². The average Bonchev–Trinajstić information content (AvgIpc) is 3.44. The molecule has 0 saturated carbocycles. The number of anilines is 2. The molecule has 0 bridgehead atoms. The molecule has 0 radical (unpaired) electrons. The average molecular weight is 588 g/mol. The molecule has 4 aromatic rings. The summed E-state index contributed by atoms with van der Waals surface area (Å²) in [5, 5.41) is 4.03. The van der Waals surface area contributed by atoms with Gasteiger partial charge in [-0.1, -0.05) is 93.0 Å². The van der Waals surface area contributed by atoms with E-state index in [0.29, 0.717) is 11.6 Å². The van der Waals surface area contributed by atoms with E-state index >= 15 is 0 Å². The van der Waals surface area contributed by atoms with Crippen molar-refractivity contribution in [2.24, 2.45) is 0 Å². The van der Waals surface area contributed by atoms with Crippen molar-refractivity contribution in [3.05, 3.63) is 84.0 Å². The molecule has 2 aliphatic rings. The van der Waals surface area contributed by atoms with Crippen molar-refractivity contribution in [3.63, 3.8) is 0 Å². The van der Waals surface area contributed by atoms with Crippen LogP contribution in [0.2, 0.25) is 10.1 Å². The number of piperazine rings is 1. The lowest BCUT2D eigenvalue weighted by atomic mass is 10.1. The van der Waals surface area contributed by atoms with Crippen molar-refractivity contribution in [1.29, 1.82) is 0 Å². The number of hydrogen-bond donors (Lipinski definition) is 1. The molecule has 0 spiro atoms. The number of nitrogens with two attached hydrogens (primary N) is 1. The highest BCUT2D eigenvalue weighted by Crippen LogP contribution is 2.40. The molecule has 214 valence electrons. The number of nitrogen functional groups attached to an aromatic ring is 1. The van der Waals surface area contributed by atoms with Crippen LogP contribution in [0.3, 0.4) is 0 Å². The summed E-state index contributed by atoms with van der Waals surface area (Å²) in [7, 11) is -2.73. The fourth-order valence-corrected chi connectivity index (χ4v) is 11.4. The molecule has 3 aromatic carbocycles. The van der Waals surface area contributed by atoms with Crippen LogP contribution in [0.1, 0.15) is 27.2 Å². The zero-order chi connectivity index (χ0) is 28.6. The van der Waals surface area contributed by atoms with Crippen LogP contribution < -0.4 is 21.0 Å². The van der Waals surface area contributed by atoms with E-state index in [-0.39, 0.29) is 23.3 Å². The second kappa shape index (κ2) is 11.3. The maximum atomic E-state index is 7.41. The maximum absolute atomic E-state index is 7.41. The van der Waals surface area contributed by atoms with Crippen LogP contribution in [-0.2, 0) is 9.16 Å². The summed E-state index contributed by atoms with van der Waals surface area (Å²) < 4.78 is 13.8. The fraction of sp³-hybridized carbons (Fsp3) is 0.375. The molecular weight excluding hydrogens is 550 g/mol. The Bertz CT molecular complexity index is 1450. The highest BCUT2D eigenvalue weighted by Gasteiger charge is 2.53. The highest BCUT2D eigenvalue weighted by molar-refractivity contribution is 6.99. The van der Waals surface area contributed by atoms with Crippen LogP contribution in [0.4, 0.5) is 11.6 Å². The normalized spacial score (nSPS) is 20.5. The van der Waals surface area contributed by atoms with Crippen LogP contribution in [-0.4, -0.2) is 68.3 Å². The third-order valence-corrected chi connectivity index (χ3v) is 13.8. The monoisotopic (exact) mass is 587 g/mol. The summed E-state index contributed by atoms with van der Waals surface area (Å²) in [6.07, 6.45) is 2.38. The van der Waals surface area contributed by atoms with Crippen LogP contribution in [0.5, 0.6) is 0 Å². The molecule has 2 saturated heterocycles. The number of fused-ring (bicyclic) bond motifs is 1. The largest absolute Gasteiger partial charge is 0.381 e. The number of hydrogen-bond acceptors (Lipinski definition) is 7. The molecule has 2 aliphatic heterocycles. The quantitative estimate of drug-likeness (QED) is 0.328. The summed E-state index contributed by atoms with van der Waals surface area (Å²) in [5.41, 5.74) is 7.63. The standard InChI is InChI=1S/C32H38ClN5O2Si/c1-32(2,3)41(24-10-6-4-7-11-24,25-12-8-5-9-13-25)40-30-28(14-19-39-30)37-15-17-38(18-16-37)29-21-27-23(20-26(29)33)22-35-31(34)36-27/h4-13,20-22,28,30H,14-19H2,1-3H3,(H2,34,35,36). The molecule has 1 aromatic heterocycles. The Balaban J connectivity index is 1.25. The van der Waals surface area contributed by atoms with Crippen molar-refractivity contribution < 1.29 is 9.16 Å². The molecule has 41 heavy (non-hydrogen) atoms. The Labute approximate surface area is 248 Å². The van der Waals surface area contributed by atoms with E-state index in [1.807, 2.05) is 12.1 Å². The molecule has 2 atom stereocenters. The van der Waals surface area contributed by atoms with Gasteiger partial charge in [-0.25, -0.2) is 9.97 Å². The van der Waals surface area contributed by atoms with E-state index < -0.39 is 8.32 Å². The number of aromatic nitrogens is 2. The van der Waals surface area contributed by atoms with Gasteiger partial charge in [0.2, 0.25) is 5.95 Å². The predicted octanol–water partition coefficient (Wildman–Crippen LogP) is 4.68. The Kier molecular flexibility index (Phi) is 7.78. The van der Waals surface area contributed by atoms with Gasteiger partial charge < -0.3 is 19.8 Å². The predicted molar refractivity (Wildman–Crippen MR) is 170 cm³/mol. The second-order valence-corrected chi connectivity index (χ2v) is 16.6. The van der Waals surface area contributed by atoms with Crippen molar-refractivity contribution in [2.45, 2.75) is 44.6 Å². The first-order valence-corrected chi connectivity index (χ1v) is 16.7. The highest BCUT2D eigenvalue weighted by atomic mass is 35.5. The van der Waals surface area contributed by atoms with Gasteiger partial charge in [0.15, 0.2) is 6.29 Å². The molecule has 2 unspecified atom stereocenters. The first kappa shape index (κ1) is 28.1. The SMILES string of the molecule is CC(C)(C)[Si](OC1OCCC1N1CCN(c2cc3nc(N)ncc3cc2Cl)CC1)(c1ccccc1)c1ccccc1. The van der Waals surface area contributed by atoms with Crippen molar-refractivity contribution >= 4 is 52.8 Å². The smallest absolute Gasteiger partial charge is 0.264 e.